The summed E-state index contributed by atoms with van der Waals surface area (Å²) in [5.74, 6) is 0.0427. The summed E-state index contributed by atoms with van der Waals surface area (Å²) in [6.07, 6.45) is 8.30. The molecule has 4 heteroatoms. The van der Waals surface area contributed by atoms with Gasteiger partial charge in [-0.3, -0.25) is 0 Å². The van der Waals surface area contributed by atoms with Crippen LogP contribution in [0.2, 0.25) is 0 Å². The minimum atomic E-state index is -0.450. The molecular weight excluding hydrogens is 388 g/mol. The zero-order valence-electron chi connectivity index (χ0n) is 18.1. The average molecular weight is 417 g/mol. The van der Waals surface area contributed by atoms with Crippen LogP contribution in [-0.4, -0.2) is 11.9 Å². The van der Waals surface area contributed by atoms with Crippen molar-refractivity contribution in [1.82, 2.24) is 0 Å². The monoisotopic (exact) mass is 416 g/mol. The number of hydrogen-bond acceptors (Lipinski definition) is 4. The van der Waals surface area contributed by atoms with Gasteiger partial charge >= 0.3 is 11.9 Å². The number of carbonyl (C=O) groups excluding carboxylic acids is 2. The standard InChI is InChI=1S/C27H28O4/c1-3-9-18-11-5-7-13-22(18)30-26(28)24-20-15-16-21(17-20)25(24)27(29)31-23-14-8-6-12-19(23)10-4-2/h5-8,11-16,20-21H,3-4,9-10,17H2,1-2H3. The number of allylic oxidation sites excluding steroid dienone is 2. The Balaban J connectivity index is 1.60. The van der Waals surface area contributed by atoms with E-state index in [1.165, 1.54) is 0 Å². The highest BCUT2D eigenvalue weighted by Gasteiger charge is 2.43. The Morgan fingerprint density at radius 2 is 1.16 bits per heavy atom. The molecule has 0 saturated carbocycles. The van der Waals surface area contributed by atoms with Gasteiger partial charge in [0.1, 0.15) is 11.5 Å². The first-order chi connectivity index (χ1) is 15.1. The van der Waals surface area contributed by atoms with E-state index >= 15 is 0 Å². The number of para-hydroxylation sites is 2. The summed E-state index contributed by atoms with van der Waals surface area (Å²) in [4.78, 5) is 26.4. The molecule has 2 unspecified atom stereocenters. The molecule has 0 N–H and O–H groups in total. The lowest BCUT2D eigenvalue weighted by Gasteiger charge is -2.17. The van der Waals surface area contributed by atoms with Crippen molar-refractivity contribution in [3.05, 3.63) is 83.0 Å². The highest BCUT2D eigenvalue weighted by Crippen LogP contribution is 2.45. The van der Waals surface area contributed by atoms with Gasteiger partial charge in [0.05, 0.1) is 11.1 Å². The third-order valence-corrected chi connectivity index (χ3v) is 5.94. The second-order valence-electron chi connectivity index (χ2n) is 8.16. The Labute approximate surface area is 183 Å². The fraction of sp³-hybridized carbons (Fsp3) is 0.333. The first kappa shape index (κ1) is 21.1. The third-order valence-electron chi connectivity index (χ3n) is 5.94. The highest BCUT2D eigenvalue weighted by atomic mass is 16.5. The first-order valence-corrected chi connectivity index (χ1v) is 11.1. The number of esters is 2. The molecule has 0 fully saturated rings. The summed E-state index contributed by atoms with van der Waals surface area (Å²) in [5.41, 5.74) is 2.87. The molecule has 0 radical (unpaired) electrons. The van der Waals surface area contributed by atoms with Gasteiger partial charge in [-0.2, -0.15) is 0 Å². The Hall–Kier alpha value is -3.14. The maximum atomic E-state index is 13.2. The Kier molecular flexibility index (Phi) is 6.36. The van der Waals surface area contributed by atoms with Crippen LogP contribution < -0.4 is 9.47 Å². The van der Waals surface area contributed by atoms with Crippen LogP contribution >= 0.6 is 0 Å². The molecule has 4 rings (SSSR count). The van der Waals surface area contributed by atoms with Crippen LogP contribution in [0.3, 0.4) is 0 Å². The predicted octanol–water partition coefficient (Wildman–Crippen LogP) is 5.61. The summed E-state index contributed by atoms with van der Waals surface area (Å²) < 4.78 is 11.6. The predicted molar refractivity (Wildman–Crippen MR) is 120 cm³/mol. The van der Waals surface area contributed by atoms with E-state index in [9.17, 15) is 9.59 Å². The lowest BCUT2D eigenvalue weighted by atomic mass is 9.97. The van der Waals surface area contributed by atoms with Gasteiger partial charge in [0.15, 0.2) is 0 Å². The molecular formula is C27H28O4. The summed E-state index contributed by atoms with van der Waals surface area (Å²) in [7, 11) is 0. The van der Waals surface area contributed by atoms with Crippen molar-refractivity contribution in [2.24, 2.45) is 11.8 Å². The van der Waals surface area contributed by atoms with E-state index in [1.54, 1.807) is 0 Å². The molecule has 31 heavy (non-hydrogen) atoms. The van der Waals surface area contributed by atoms with Crippen molar-refractivity contribution in [3.63, 3.8) is 0 Å². The molecule has 0 amide bonds. The lowest BCUT2D eigenvalue weighted by molar-refractivity contribution is -0.133. The fourth-order valence-corrected chi connectivity index (χ4v) is 4.52. The molecule has 2 bridgehead atoms. The molecule has 2 atom stereocenters. The molecule has 2 aliphatic carbocycles. The molecule has 4 nitrogen and oxygen atoms in total. The first-order valence-electron chi connectivity index (χ1n) is 11.1. The zero-order valence-corrected chi connectivity index (χ0v) is 18.1. The smallest absolute Gasteiger partial charge is 0.340 e. The van der Waals surface area contributed by atoms with Crippen molar-refractivity contribution in [1.29, 1.82) is 0 Å². The van der Waals surface area contributed by atoms with Gasteiger partial charge < -0.3 is 9.47 Å². The lowest BCUT2D eigenvalue weighted by Crippen LogP contribution is -2.23. The number of hydrogen-bond donors (Lipinski definition) is 0. The van der Waals surface area contributed by atoms with E-state index < -0.39 is 11.9 Å². The minimum Gasteiger partial charge on any atom is -0.423 e. The number of rotatable bonds is 8. The van der Waals surface area contributed by atoms with Gasteiger partial charge in [-0.1, -0.05) is 75.2 Å². The quantitative estimate of drug-likeness (QED) is 0.319. The Bertz CT molecular complexity index is 965. The SMILES string of the molecule is CCCc1ccccc1OC(=O)C1=C(C(=O)Oc2ccccc2CCC)C2C=CC1C2. The number of fused-ring (bicyclic) bond motifs is 2. The van der Waals surface area contributed by atoms with Crippen LogP contribution in [0.15, 0.2) is 71.8 Å². The number of carbonyl (C=O) groups is 2. The number of ether oxygens (including phenoxy) is 2. The van der Waals surface area contributed by atoms with E-state index in [2.05, 4.69) is 13.8 Å². The van der Waals surface area contributed by atoms with Crippen molar-refractivity contribution < 1.29 is 19.1 Å². The van der Waals surface area contributed by atoms with E-state index in [-0.39, 0.29) is 11.8 Å². The fourth-order valence-electron chi connectivity index (χ4n) is 4.52. The Morgan fingerprint density at radius 1 is 0.742 bits per heavy atom. The minimum absolute atomic E-state index is 0.0933. The van der Waals surface area contributed by atoms with Crippen LogP contribution in [0, 0.1) is 11.8 Å². The van der Waals surface area contributed by atoms with Crippen LogP contribution in [-0.2, 0) is 22.4 Å². The van der Waals surface area contributed by atoms with Crippen molar-refractivity contribution >= 4 is 11.9 Å². The zero-order chi connectivity index (χ0) is 21.8. The Morgan fingerprint density at radius 3 is 1.58 bits per heavy atom. The molecule has 0 heterocycles. The van der Waals surface area contributed by atoms with Gasteiger partial charge in [0.25, 0.3) is 0 Å². The maximum absolute atomic E-state index is 13.2. The molecule has 0 aliphatic heterocycles. The summed E-state index contributed by atoms with van der Waals surface area (Å²) in [6, 6.07) is 15.2. The van der Waals surface area contributed by atoms with E-state index in [0.29, 0.717) is 22.6 Å². The van der Waals surface area contributed by atoms with Crippen molar-refractivity contribution in [2.75, 3.05) is 0 Å². The van der Waals surface area contributed by atoms with E-state index in [1.807, 2.05) is 60.7 Å². The van der Waals surface area contributed by atoms with Crippen LogP contribution in [0.25, 0.3) is 0 Å². The number of benzene rings is 2. The normalized spacial score (nSPS) is 19.0. The summed E-state index contributed by atoms with van der Waals surface area (Å²) in [5, 5.41) is 0. The van der Waals surface area contributed by atoms with E-state index in [0.717, 1.165) is 43.2 Å². The van der Waals surface area contributed by atoms with Crippen molar-refractivity contribution in [3.8, 4) is 11.5 Å². The largest absolute Gasteiger partial charge is 0.423 e. The second kappa shape index (κ2) is 9.34. The summed E-state index contributed by atoms with van der Waals surface area (Å²) >= 11 is 0. The van der Waals surface area contributed by atoms with Gasteiger partial charge in [-0.05, 0) is 42.5 Å². The maximum Gasteiger partial charge on any atom is 0.340 e. The topological polar surface area (TPSA) is 52.6 Å². The molecule has 2 aromatic carbocycles. The molecule has 2 aromatic rings. The molecule has 0 aromatic heterocycles. The van der Waals surface area contributed by atoms with Gasteiger partial charge in [-0.15, -0.1) is 0 Å². The highest BCUT2D eigenvalue weighted by molar-refractivity contribution is 6.04. The molecule has 0 saturated heterocycles. The van der Waals surface area contributed by atoms with Crippen LogP contribution in [0.1, 0.15) is 44.2 Å². The molecule has 2 aliphatic rings. The van der Waals surface area contributed by atoms with Crippen molar-refractivity contribution in [2.45, 2.75) is 46.0 Å². The summed E-state index contributed by atoms with van der Waals surface area (Å²) in [6.45, 7) is 4.18. The second-order valence-corrected chi connectivity index (χ2v) is 8.16. The van der Waals surface area contributed by atoms with Gasteiger partial charge in [0, 0.05) is 11.8 Å². The molecule has 0 spiro atoms. The third kappa shape index (κ3) is 4.34. The molecule has 160 valence electrons. The van der Waals surface area contributed by atoms with Crippen LogP contribution in [0.4, 0.5) is 0 Å². The van der Waals surface area contributed by atoms with E-state index in [4.69, 9.17) is 9.47 Å². The average Bonchev–Trinajstić information content (AvgIpc) is 3.39. The number of aryl methyl sites for hydroxylation is 2. The van der Waals surface area contributed by atoms with Crippen LogP contribution in [0.5, 0.6) is 11.5 Å². The van der Waals surface area contributed by atoms with Gasteiger partial charge in [-0.25, -0.2) is 9.59 Å². The van der Waals surface area contributed by atoms with Gasteiger partial charge in [0.2, 0.25) is 0 Å².